The molecular formula is C26H28Cl2N4O2S2. The van der Waals surface area contributed by atoms with Gasteiger partial charge in [-0.05, 0) is 45.8 Å². The van der Waals surface area contributed by atoms with Crippen LogP contribution in [-0.2, 0) is 9.59 Å². The second-order valence-corrected chi connectivity index (χ2v) is 10.4. The van der Waals surface area contributed by atoms with Gasteiger partial charge in [0, 0.05) is 22.9 Å². The molecule has 0 radical (unpaired) electrons. The highest BCUT2D eigenvalue weighted by atomic mass is 35.5. The van der Waals surface area contributed by atoms with Gasteiger partial charge in [-0.1, -0.05) is 82.3 Å². The van der Waals surface area contributed by atoms with Crippen molar-refractivity contribution in [2.24, 2.45) is 11.5 Å². The normalized spacial score (nSPS) is 12.2. The fourth-order valence-electron chi connectivity index (χ4n) is 3.40. The summed E-state index contributed by atoms with van der Waals surface area (Å²) in [5, 5.41) is 10.1. The van der Waals surface area contributed by atoms with Crippen LogP contribution >= 0.6 is 46.4 Å². The number of amides is 2. The molecule has 36 heavy (non-hydrogen) atoms. The lowest BCUT2D eigenvalue weighted by Gasteiger charge is -2.14. The van der Waals surface area contributed by atoms with Gasteiger partial charge in [0.25, 0.3) is 0 Å². The number of rotatable bonds is 9. The van der Waals surface area contributed by atoms with Crippen molar-refractivity contribution < 1.29 is 9.59 Å². The van der Waals surface area contributed by atoms with Crippen molar-refractivity contribution >= 4 is 91.1 Å². The summed E-state index contributed by atoms with van der Waals surface area (Å²) in [6, 6.07) is 26.1. The fourth-order valence-corrected chi connectivity index (χ4v) is 5.64. The molecule has 0 aliphatic carbocycles. The number of nitrogens with two attached hydrogens (primary N) is 2. The first-order chi connectivity index (χ1) is 16.5. The molecule has 0 bridgehead atoms. The van der Waals surface area contributed by atoms with Gasteiger partial charge in [-0.25, -0.2) is 0 Å². The minimum atomic E-state index is -0.674. The lowest BCUT2D eigenvalue weighted by atomic mass is 10.1. The maximum absolute atomic E-state index is 12.4. The van der Waals surface area contributed by atoms with Gasteiger partial charge < -0.3 is 22.1 Å². The number of carbonyl (C=O) groups is 2. The molecule has 0 spiro atoms. The van der Waals surface area contributed by atoms with E-state index >= 15 is 0 Å². The third kappa shape index (κ3) is 8.03. The summed E-state index contributed by atoms with van der Waals surface area (Å²) in [6.07, 6.45) is 0. The van der Waals surface area contributed by atoms with Crippen LogP contribution in [0.4, 0.5) is 11.4 Å². The van der Waals surface area contributed by atoms with Crippen LogP contribution < -0.4 is 22.1 Å². The average Bonchev–Trinajstić information content (AvgIpc) is 2.86. The van der Waals surface area contributed by atoms with E-state index in [-0.39, 0.29) is 36.6 Å². The second-order valence-electron chi connectivity index (χ2n) is 7.88. The van der Waals surface area contributed by atoms with E-state index in [9.17, 15) is 9.59 Å². The van der Waals surface area contributed by atoms with Gasteiger partial charge in [-0.15, -0.1) is 24.8 Å². The van der Waals surface area contributed by atoms with Gasteiger partial charge in [0.15, 0.2) is 0 Å². The number of fused-ring (bicyclic) bond motifs is 2. The summed E-state index contributed by atoms with van der Waals surface area (Å²) in [4.78, 5) is 24.9. The van der Waals surface area contributed by atoms with Crippen molar-refractivity contribution in [3.8, 4) is 0 Å². The summed E-state index contributed by atoms with van der Waals surface area (Å²) in [7, 11) is 2.86. The topological polar surface area (TPSA) is 110 Å². The number of hydrogen-bond donors (Lipinski definition) is 4. The first-order valence-corrected chi connectivity index (χ1v) is 13.3. The molecule has 0 unspecified atom stereocenters. The van der Waals surface area contributed by atoms with E-state index in [1.54, 1.807) is 0 Å². The summed E-state index contributed by atoms with van der Waals surface area (Å²) >= 11 is 0. The van der Waals surface area contributed by atoms with E-state index in [0.29, 0.717) is 22.9 Å². The minimum Gasteiger partial charge on any atom is -0.325 e. The maximum Gasteiger partial charge on any atom is 0.242 e. The summed E-state index contributed by atoms with van der Waals surface area (Å²) in [5.74, 6) is 0.315. The van der Waals surface area contributed by atoms with Crippen molar-refractivity contribution in [3.63, 3.8) is 0 Å². The maximum atomic E-state index is 12.4. The molecule has 4 aromatic carbocycles. The monoisotopic (exact) mass is 562 g/mol. The molecule has 0 heterocycles. The Morgan fingerprint density at radius 1 is 0.611 bits per heavy atom. The summed E-state index contributed by atoms with van der Waals surface area (Å²) < 4.78 is 0. The Bertz CT molecular complexity index is 1220. The number of halogens is 2. The molecule has 0 aliphatic rings. The van der Waals surface area contributed by atoms with E-state index in [2.05, 4.69) is 10.6 Å². The van der Waals surface area contributed by atoms with Gasteiger partial charge in [0.2, 0.25) is 11.8 Å². The van der Waals surface area contributed by atoms with Crippen molar-refractivity contribution in [2.45, 2.75) is 12.1 Å². The van der Waals surface area contributed by atoms with Crippen LogP contribution in [-0.4, -0.2) is 35.4 Å². The smallest absolute Gasteiger partial charge is 0.242 e. The average molecular weight is 564 g/mol. The van der Waals surface area contributed by atoms with Crippen LogP contribution in [0.1, 0.15) is 0 Å². The molecule has 0 saturated heterocycles. The second kappa shape index (κ2) is 14.3. The lowest BCUT2D eigenvalue weighted by molar-refractivity contribution is -0.117. The molecule has 10 heteroatoms. The van der Waals surface area contributed by atoms with Gasteiger partial charge in [0.05, 0.1) is 12.1 Å². The van der Waals surface area contributed by atoms with Crippen molar-refractivity contribution in [2.75, 3.05) is 22.1 Å². The zero-order chi connectivity index (χ0) is 23.9. The highest BCUT2D eigenvalue weighted by molar-refractivity contribution is 8.76. The number of carbonyl (C=O) groups excluding carboxylic acids is 2. The lowest BCUT2D eigenvalue weighted by Crippen LogP contribution is -2.38. The van der Waals surface area contributed by atoms with Crippen molar-refractivity contribution in [3.05, 3.63) is 84.9 Å². The predicted molar refractivity (Wildman–Crippen MR) is 161 cm³/mol. The first kappa shape index (κ1) is 29.8. The van der Waals surface area contributed by atoms with Crippen LogP contribution in [0.3, 0.4) is 0 Å². The Labute approximate surface area is 230 Å². The van der Waals surface area contributed by atoms with E-state index < -0.39 is 12.1 Å². The molecule has 0 saturated carbocycles. The summed E-state index contributed by atoms with van der Waals surface area (Å²) in [5.41, 5.74) is 13.5. The number of nitrogens with one attached hydrogen (secondary N) is 2. The third-order valence-electron chi connectivity index (χ3n) is 5.29. The molecule has 0 aromatic heterocycles. The van der Waals surface area contributed by atoms with Gasteiger partial charge >= 0.3 is 0 Å². The zero-order valence-corrected chi connectivity index (χ0v) is 22.5. The molecule has 0 fully saturated rings. The molecular weight excluding hydrogens is 535 g/mol. The molecule has 6 nitrogen and oxygen atoms in total. The van der Waals surface area contributed by atoms with Crippen LogP contribution in [0.5, 0.6) is 0 Å². The highest BCUT2D eigenvalue weighted by Gasteiger charge is 2.17. The van der Waals surface area contributed by atoms with E-state index in [0.717, 1.165) is 21.5 Å². The molecule has 0 aliphatic heterocycles. The Hall–Kier alpha value is -2.46. The number of hydrogen-bond acceptors (Lipinski definition) is 6. The molecule has 190 valence electrons. The van der Waals surface area contributed by atoms with Crippen LogP contribution in [0.25, 0.3) is 21.5 Å². The van der Waals surface area contributed by atoms with Crippen LogP contribution in [0, 0.1) is 0 Å². The molecule has 4 aromatic rings. The zero-order valence-electron chi connectivity index (χ0n) is 19.3. The molecule has 2 atom stereocenters. The van der Waals surface area contributed by atoms with E-state index in [4.69, 9.17) is 11.5 Å². The standard InChI is InChI=1S/C26H26N4O2S2.2ClH/c27-23(25(31)29-21-11-9-17-5-1-3-7-19(17)13-21)15-33-34-16-24(28)26(32)30-22-12-10-18-6-2-4-8-20(18)14-22;;/h1-14,23-24H,15-16,27-28H2,(H,29,31)(H,30,32);2*1H/t23-,24-;;/m0../s1. The summed E-state index contributed by atoms with van der Waals surface area (Å²) in [6.45, 7) is 0. The highest BCUT2D eigenvalue weighted by Crippen LogP contribution is 2.24. The molecule has 4 rings (SSSR count). The van der Waals surface area contributed by atoms with Crippen molar-refractivity contribution in [1.82, 2.24) is 0 Å². The third-order valence-corrected chi connectivity index (χ3v) is 7.76. The van der Waals surface area contributed by atoms with Gasteiger partial charge in [-0.3, -0.25) is 9.59 Å². The predicted octanol–water partition coefficient (Wildman–Crippen LogP) is 5.45. The first-order valence-electron chi connectivity index (χ1n) is 10.8. The molecule has 2 amide bonds. The van der Waals surface area contributed by atoms with Crippen LogP contribution in [0.2, 0.25) is 0 Å². The minimum absolute atomic E-state index is 0. The quantitative estimate of drug-likeness (QED) is 0.159. The Kier molecular flexibility index (Phi) is 11.8. The van der Waals surface area contributed by atoms with E-state index in [1.165, 1.54) is 21.6 Å². The number of anilines is 2. The van der Waals surface area contributed by atoms with Crippen molar-refractivity contribution in [1.29, 1.82) is 0 Å². The van der Waals surface area contributed by atoms with Crippen LogP contribution in [0.15, 0.2) is 84.9 Å². The SMILES string of the molecule is Cl.Cl.N[C@@H](CSSC[C@H](N)C(=O)Nc1ccc2ccccc2c1)C(=O)Nc1ccc2ccccc2c1. The Balaban J connectivity index is 0.00000228. The van der Waals surface area contributed by atoms with E-state index in [1.807, 2.05) is 84.9 Å². The van der Waals surface area contributed by atoms with Gasteiger partial charge in [-0.2, -0.15) is 0 Å². The Morgan fingerprint density at radius 2 is 0.972 bits per heavy atom. The Morgan fingerprint density at radius 3 is 1.36 bits per heavy atom. The van der Waals surface area contributed by atoms with Gasteiger partial charge in [0.1, 0.15) is 0 Å². The molecule has 6 N–H and O–H groups in total. The largest absolute Gasteiger partial charge is 0.325 e. The number of benzene rings is 4. The fraction of sp³-hybridized carbons (Fsp3) is 0.154.